The average molecular weight is 482 g/mol. The maximum absolute atomic E-state index is 12.3. The Morgan fingerprint density at radius 2 is 1.97 bits per heavy atom. The van der Waals surface area contributed by atoms with Gasteiger partial charge in [-0.25, -0.2) is 18.1 Å². The summed E-state index contributed by atoms with van der Waals surface area (Å²) >= 11 is 0. The van der Waals surface area contributed by atoms with Crippen molar-refractivity contribution < 1.29 is 17.9 Å². The van der Waals surface area contributed by atoms with Crippen LogP contribution in [0.3, 0.4) is 0 Å². The number of aromatic nitrogens is 1. The Kier molecular flexibility index (Phi) is 6.57. The van der Waals surface area contributed by atoms with Gasteiger partial charge in [-0.05, 0) is 61.6 Å². The number of pyridine rings is 1. The number of ether oxygens (including phenoxy) is 1. The van der Waals surface area contributed by atoms with Crippen molar-refractivity contribution >= 4 is 27.3 Å². The number of carbonyl (C=O) groups is 1. The summed E-state index contributed by atoms with van der Waals surface area (Å²) in [6, 6.07) is 11.3. The van der Waals surface area contributed by atoms with E-state index in [1.807, 2.05) is 34.9 Å². The van der Waals surface area contributed by atoms with Gasteiger partial charge in [0.1, 0.15) is 5.56 Å². The average Bonchev–Trinajstić information content (AvgIpc) is 3.47. The minimum absolute atomic E-state index is 0.0298. The third-order valence-corrected chi connectivity index (χ3v) is 6.91. The third-order valence-electron chi connectivity index (χ3n) is 6.36. The molecule has 1 N–H and O–H groups in total. The second kappa shape index (κ2) is 9.43. The summed E-state index contributed by atoms with van der Waals surface area (Å²) < 4.78 is 30.1. The smallest absolute Gasteiger partial charge is 0.270 e. The summed E-state index contributed by atoms with van der Waals surface area (Å²) in [5, 5.41) is 16.2. The number of aryl methyl sites for hydroxylation is 1. The van der Waals surface area contributed by atoms with Crippen LogP contribution in [0, 0.1) is 24.2 Å². The number of amides is 1. The molecule has 2 heterocycles. The van der Waals surface area contributed by atoms with Crippen molar-refractivity contribution in [2.24, 2.45) is 11.0 Å². The minimum Gasteiger partial charge on any atom is -0.480 e. The summed E-state index contributed by atoms with van der Waals surface area (Å²) in [6.45, 7) is 1.92. The summed E-state index contributed by atoms with van der Waals surface area (Å²) in [6.07, 6.45) is 6.28. The van der Waals surface area contributed by atoms with Crippen molar-refractivity contribution in [2.45, 2.75) is 45.1 Å². The second-order valence-electron chi connectivity index (χ2n) is 8.77. The largest absolute Gasteiger partial charge is 0.480 e. The van der Waals surface area contributed by atoms with Crippen LogP contribution in [0.2, 0.25) is 0 Å². The fraction of sp³-hybridized carbons (Fsp3) is 0.417. The first kappa shape index (κ1) is 23.7. The van der Waals surface area contributed by atoms with Gasteiger partial charge in [-0.3, -0.25) is 9.80 Å². The number of nitriles is 1. The van der Waals surface area contributed by atoms with E-state index < -0.39 is 15.9 Å². The van der Waals surface area contributed by atoms with Gasteiger partial charge in [0.05, 0.1) is 48.1 Å². The van der Waals surface area contributed by atoms with E-state index in [1.54, 1.807) is 6.07 Å². The first-order valence-electron chi connectivity index (χ1n) is 11.1. The number of benzene rings is 1. The number of hydrogen-bond acceptors (Lipinski definition) is 8. The molecule has 1 aromatic heterocycles. The molecule has 0 saturated heterocycles. The van der Waals surface area contributed by atoms with E-state index in [9.17, 15) is 18.5 Å². The van der Waals surface area contributed by atoms with Crippen LogP contribution < -0.4 is 14.5 Å². The normalized spacial score (nSPS) is 18.5. The van der Waals surface area contributed by atoms with Gasteiger partial charge in [0.25, 0.3) is 5.91 Å². The van der Waals surface area contributed by atoms with Crippen molar-refractivity contribution in [3.63, 3.8) is 0 Å². The van der Waals surface area contributed by atoms with Crippen LogP contribution in [0.5, 0.6) is 5.88 Å². The van der Waals surface area contributed by atoms with Gasteiger partial charge >= 0.3 is 0 Å². The number of hydrogen-bond donors (Lipinski definition) is 1. The maximum atomic E-state index is 12.3. The van der Waals surface area contributed by atoms with Crippen LogP contribution in [0.1, 0.15) is 59.3 Å². The van der Waals surface area contributed by atoms with Gasteiger partial charge in [0.15, 0.2) is 0 Å². The SMILES string of the molecule is COc1nc(C2=NN(c3ccc(C#N)c(C)c3)[C@@H](C3CCCC3)C2)ccc1C(=O)NS(C)(=O)=O. The van der Waals surface area contributed by atoms with E-state index in [1.165, 1.54) is 26.0 Å². The monoisotopic (exact) mass is 481 g/mol. The number of rotatable bonds is 6. The lowest BCUT2D eigenvalue weighted by molar-refractivity contribution is 0.0978. The number of carbonyl (C=O) groups excluding carboxylic acids is 1. The van der Waals surface area contributed by atoms with Gasteiger partial charge < -0.3 is 4.74 Å². The Balaban J connectivity index is 1.69. The molecule has 1 fully saturated rings. The highest BCUT2D eigenvalue weighted by atomic mass is 32.2. The van der Waals surface area contributed by atoms with Gasteiger partial charge in [-0.2, -0.15) is 10.4 Å². The van der Waals surface area contributed by atoms with E-state index in [-0.39, 0.29) is 17.5 Å². The Morgan fingerprint density at radius 3 is 2.59 bits per heavy atom. The fourth-order valence-electron chi connectivity index (χ4n) is 4.71. The van der Waals surface area contributed by atoms with E-state index in [0.717, 1.165) is 36.1 Å². The molecule has 9 nitrogen and oxygen atoms in total. The summed E-state index contributed by atoms with van der Waals surface area (Å²) in [5.41, 5.74) is 3.84. The molecular formula is C24H27N5O4S. The molecule has 178 valence electrons. The van der Waals surface area contributed by atoms with E-state index in [4.69, 9.17) is 9.84 Å². The van der Waals surface area contributed by atoms with Crippen LogP contribution >= 0.6 is 0 Å². The molecular weight excluding hydrogens is 454 g/mol. The summed E-state index contributed by atoms with van der Waals surface area (Å²) in [4.78, 5) is 16.8. The predicted molar refractivity (Wildman–Crippen MR) is 128 cm³/mol. The molecule has 1 aromatic carbocycles. The fourth-order valence-corrected chi connectivity index (χ4v) is 5.16. The zero-order valence-corrected chi connectivity index (χ0v) is 20.2. The van der Waals surface area contributed by atoms with Crippen LogP contribution in [-0.4, -0.2) is 44.4 Å². The van der Waals surface area contributed by atoms with Crippen molar-refractivity contribution in [1.82, 2.24) is 9.71 Å². The molecule has 0 spiro atoms. The Hall–Kier alpha value is -3.45. The highest BCUT2D eigenvalue weighted by molar-refractivity contribution is 7.89. The molecule has 2 aromatic rings. The first-order valence-corrected chi connectivity index (χ1v) is 13.0. The molecule has 1 atom stereocenters. The van der Waals surface area contributed by atoms with Crippen LogP contribution in [0.25, 0.3) is 0 Å². The Bertz CT molecular complexity index is 1290. The predicted octanol–water partition coefficient (Wildman–Crippen LogP) is 3.13. The molecule has 0 unspecified atom stereocenters. The second-order valence-corrected chi connectivity index (χ2v) is 10.5. The number of methoxy groups -OCH3 is 1. The summed E-state index contributed by atoms with van der Waals surface area (Å²) in [5.74, 6) is -0.268. The molecule has 0 bridgehead atoms. The van der Waals surface area contributed by atoms with Gasteiger partial charge in [0.2, 0.25) is 15.9 Å². The number of nitrogens with zero attached hydrogens (tertiary/aromatic N) is 4. The van der Waals surface area contributed by atoms with E-state index >= 15 is 0 Å². The topological polar surface area (TPSA) is 125 Å². The lowest BCUT2D eigenvalue weighted by atomic mass is 9.92. The van der Waals surface area contributed by atoms with Crippen molar-refractivity contribution in [1.29, 1.82) is 5.26 Å². The standard InChI is InChI=1S/C24H27N5O4S/c1-15-12-18(9-8-17(15)14-25)29-22(16-6-4-5-7-16)13-21(27-29)20-11-10-19(24(26-20)33-2)23(30)28-34(3,31)32/h8-12,16,22H,4-7,13H2,1-3H3,(H,28,30)/t22-/m1/s1. The zero-order chi connectivity index (χ0) is 24.5. The highest BCUT2D eigenvalue weighted by Crippen LogP contribution is 2.38. The highest BCUT2D eigenvalue weighted by Gasteiger charge is 2.37. The van der Waals surface area contributed by atoms with E-state index in [2.05, 4.69) is 11.1 Å². The zero-order valence-electron chi connectivity index (χ0n) is 19.4. The van der Waals surface area contributed by atoms with Gasteiger partial charge in [-0.1, -0.05) is 12.8 Å². The molecule has 10 heteroatoms. The quantitative estimate of drug-likeness (QED) is 0.672. The number of sulfonamides is 1. The molecule has 1 saturated carbocycles. The lowest BCUT2D eigenvalue weighted by Gasteiger charge is -2.28. The molecule has 34 heavy (non-hydrogen) atoms. The lowest BCUT2D eigenvalue weighted by Crippen LogP contribution is -2.33. The number of nitrogens with one attached hydrogen (secondary N) is 1. The molecule has 4 rings (SSSR count). The van der Waals surface area contributed by atoms with E-state index in [0.29, 0.717) is 23.6 Å². The Labute approximate surface area is 199 Å². The molecule has 2 aliphatic rings. The number of hydrazone groups is 1. The summed E-state index contributed by atoms with van der Waals surface area (Å²) in [7, 11) is -2.34. The molecule has 1 aliphatic carbocycles. The van der Waals surface area contributed by atoms with Crippen LogP contribution in [0.4, 0.5) is 5.69 Å². The van der Waals surface area contributed by atoms with Crippen molar-refractivity contribution in [3.8, 4) is 11.9 Å². The number of anilines is 1. The maximum Gasteiger partial charge on any atom is 0.270 e. The van der Waals surface area contributed by atoms with Crippen LogP contribution in [-0.2, 0) is 10.0 Å². The third kappa shape index (κ3) is 4.89. The Morgan fingerprint density at radius 1 is 1.24 bits per heavy atom. The molecule has 0 radical (unpaired) electrons. The first-order chi connectivity index (χ1) is 16.2. The van der Waals surface area contributed by atoms with Gasteiger partial charge in [-0.15, -0.1) is 0 Å². The van der Waals surface area contributed by atoms with Gasteiger partial charge in [0, 0.05) is 6.42 Å². The van der Waals surface area contributed by atoms with Crippen molar-refractivity contribution in [2.75, 3.05) is 18.4 Å². The van der Waals surface area contributed by atoms with Crippen LogP contribution in [0.15, 0.2) is 35.4 Å². The molecule has 1 aliphatic heterocycles. The van der Waals surface area contributed by atoms with Crippen molar-refractivity contribution in [3.05, 3.63) is 52.7 Å². The molecule has 1 amide bonds. The minimum atomic E-state index is -3.72.